The Morgan fingerprint density at radius 1 is 1.23 bits per heavy atom. The van der Waals surface area contributed by atoms with Crippen LogP contribution >= 0.6 is 23.2 Å². The smallest absolute Gasteiger partial charge is 0.258 e. The third-order valence-electron chi connectivity index (χ3n) is 4.76. The van der Waals surface area contributed by atoms with Gasteiger partial charge in [-0.1, -0.05) is 42.1 Å². The van der Waals surface area contributed by atoms with E-state index in [1.54, 1.807) is 25.1 Å². The van der Waals surface area contributed by atoms with Crippen molar-refractivity contribution in [2.45, 2.75) is 44.6 Å². The zero-order valence-electron chi connectivity index (χ0n) is 17.1. The molecule has 7 nitrogen and oxygen atoms in total. The van der Waals surface area contributed by atoms with E-state index < -0.39 is 21.8 Å². The molecule has 0 radical (unpaired) electrons. The van der Waals surface area contributed by atoms with Crippen LogP contribution in [0, 0.1) is 0 Å². The molecule has 1 heterocycles. The van der Waals surface area contributed by atoms with Gasteiger partial charge in [0.25, 0.3) is 5.91 Å². The second-order valence-electron chi connectivity index (χ2n) is 7.56. The van der Waals surface area contributed by atoms with Crippen molar-refractivity contribution in [3.05, 3.63) is 57.3 Å². The first-order valence-electron chi connectivity index (χ1n) is 9.81. The van der Waals surface area contributed by atoms with Gasteiger partial charge in [0, 0.05) is 39.9 Å². The molecule has 1 unspecified atom stereocenters. The summed E-state index contributed by atoms with van der Waals surface area (Å²) < 4.78 is 28.5. The third-order valence-corrected chi connectivity index (χ3v) is 5.85. The van der Waals surface area contributed by atoms with Crippen LogP contribution in [0.4, 0.5) is 0 Å². The Bertz CT molecular complexity index is 1080. The molecule has 10 heteroatoms. The van der Waals surface area contributed by atoms with E-state index in [-0.39, 0.29) is 17.4 Å². The van der Waals surface area contributed by atoms with Gasteiger partial charge < -0.3 is 10.1 Å². The van der Waals surface area contributed by atoms with Crippen molar-refractivity contribution in [3.8, 4) is 11.6 Å². The van der Waals surface area contributed by atoms with Crippen LogP contribution in [-0.2, 0) is 9.84 Å². The van der Waals surface area contributed by atoms with Gasteiger partial charge in [-0.15, -0.1) is 0 Å². The van der Waals surface area contributed by atoms with Crippen LogP contribution in [0.25, 0.3) is 0 Å². The Kier molecular flexibility index (Phi) is 7.56. The lowest BCUT2D eigenvalue weighted by Gasteiger charge is -2.15. The average Bonchev–Trinajstić information content (AvgIpc) is 3.19. The number of nitrogens with zero attached hydrogens (tertiary/aromatic N) is 2. The van der Waals surface area contributed by atoms with E-state index in [4.69, 9.17) is 27.9 Å². The van der Waals surface area contributed by atoms with Crippen molar-refractivity contribution >= 4 is 38.9 Å². The largest absolute Gasteiger partial charge is 0.438 e. The number of sulfone groups is 1. The number of carbonyl (C=O) groups is 1. The predicted octanol–water partition coefficient (Wildman–Crippen LogP) is 4.91. The highest BCUT2D eigenvalue weighted by Crippen LogP contribution is 2.34. The monoisotopic (exact) mass is 483 g/mol. The molecule has 3 rings (SSSR count). The van der Waals surface area contributed by atoms with Gasteiger partial charge in [-0.2, -0.15) is 4.98 Å². The summed E-state index contributed by atoms with van der Waals surface area (Å²) in [6.45, 7) is 1.66. The Balaban J connectivity index is 1.90. The predicted molar refractivity (Wildman–Crippen MR) is 121 cm³/mol. The number of aromatic nitrogens is 2. The van der Waals surface area contributed by atoms with Gasteiger partial charge in [-0.3, -0.25) is 4.79 Å². The molecule has 0 aliphatic heterocycles. The van der Waals surface area contributed by atoms with Crippen molar-refractivity contribution in [1.29, 1.82) is 0 Å². The lowest BCUT2D eigenvalue weighted by atomic mass is 10.1. The standard InChI is InChI=1S/C21H23Cl2N3O4S/c1-13(7-8-31(2,28)29)25-20(27)18-12-24-19(14-5-3-4-6-14)26-21(18)30-17-10-15(22)9-16(23)11-17/h7-14H,3-6H2,1-2H3,(H,25,27). The fraction of sp³-hybridized carbons (Fsp3) is 0.381. The second kappa shape index (κ2) is 9.97. The number of amides is 1. The molecule has 1 fully saturated rings. The summed E-state index contributed by atoms with van der Waals surface area (Å²) in [6, 6.07) is 4.18. The van der Waals surface area contributed by atoms with E-state index >= 15 is 0 Å². The first-order valence-corrected chi connectivity index (χ1v) is 12.5. The van der Waals surface area contributed by atoms with Gasteiger partial charge in [0.05, 0.1) is 0 Å². The molecule has 1 aliphatic rings. The van der Waals surface area contributed by atoms with Gasteiger partial charge in [-0.05, 0) is 38.0 Å². The van der Waals surface area contributed by atoms with Crippen molar-refractivity contribution in [1.82, 2.24) is 15.3 Å². The summed E-state index contributed by atoms with van der Waals surface area (Å²) >= 11 is 12.1. The fourth-order valence-electron chi connectivity index (χ4n) is 3.29. The first kappa shape index (κ1) is 23.5. The van der Waals surface area contributed by atoms with Crippen LogP contribution < -0.4 is 10.1 Å². The minimum atomic E-state index is -3.30. The van der Waals surface area contributed by atoms with Crippen LogP contribution in [0.5, 0.6) is 11.6 Å². The number of halogens is 2. The molecule has 31 heavy (non-hydrogen) atoms. The molecule has 2 aromatic rings. The molecular formula is C21H23Cl2N3O4S. The van der Waals surface area contributed by atoms with Crippen LogP contribution in [0.3, 0.4) is 0 Å². The van der Waals surface area contributed by atoms with Gasteiger partial charge in [0.15, 0.2) is 9.84 Å². The zero-order chi connectivity index (χ0) is 22.6. The summed E-state index contributed by atoms with van der Waals surface area (Å²) in [5.41, 5.74) is 0.123. The van der Waals surface area contributed by atoms with E-state index in [2.05, 4.69) is 15.3 Å². The van der Waals surface area contributed by atoms with E-state index in [9.17, 15) is 13.2 Å². The molecule has 1 atom stereocenters. The molecule has 1 aliphatic carbocycles. The zero-order valence-corrected chi connectivity index (χ0v) is 19.5. The molecule has 0 saturated heterocycles. The highest BCUT2D eigenvalue weighted by atomic mass is 35.5. The third kappa shape index (κ3) is 6.92. The normalized spacial score (nSPS) is 15.9. The highest BCUT2D eigenvalue weighted by Gasteiger charge is 2.24. The van der Waals surface area contributed by atoms with Crippen LogP contribution in [-0.4, -0.2) is 36.6 Å². The Morgan fingerprint density at radius 3 is 2.48 bits per heavy atom. The topological polar surface area (TPSA) is 98.2 Å². The number of hydrogen-bond donors (Lipinski definition) is 1. The summed E-state index contributed by atoms with van der Waals surface area (Å²) in [4.78, 5) is 21.8. The number of hydrogen-bond acceptors (Lipinski definition) is 6. The van der Waals surface area contributed by atoms with Gasteiger partial charge in [0.1, 0.15) is 17.1 Å². The van der Waals surface area contributed by atoms with Crippen LogP contribution in [0.1, 0.15) is 54.7 Å². The maximum absolute atomic E-state index is 12.9. The number of benzene rings is 1. The van der Waals surface area contributed by atoms with E-state index in [0.717, 1.165) is 37.3 Å². The van der Waals surface area contributed by atoms with Gasteiger partial charge >= 0.3 is 0 Å². The Morgan fingerprint density at radius 2 is 1.87 bits per heavy atom. The Labute approximate surface area is 191 Å². The maximum atomic E-state index is 12.9. The quantitative estimate of drug-likeness (QED) is 0.600. The van der Waals surface area contributed by atoms with Crippen LogP contribution in [0.2, 0.25) is 10.0 Å². The molecule has 0 bridgehead atoms. The minimum Gasteiger partial charge on any atom is -0.438 e. The average molecular weight is 484 g/mol. The van der Waals surface area contributed by atoms with E-state index in [0.29, 0.717) is 21.6 Å². The van der Waals surface area contributed by atoms with Crippen molar-refractivity contribution in [2.24, 2.45) is 0 Å². The Hall–Kier alpha value is -2.16. The summed E-state index contributed by atoms with van der Waals surface area (Å²) in [7, 11) is -3.30. The molecule has 166 valence electrons. The highest BCUT2D eigenvalue weighted by molar-refractivity contribution is 7.93. The molecule has 1 aromatic carbocycles. The van der Waals surface area contributed by atoms with E-state index in [1.165, 1.54) is 12.3 Å². The summed E-state index contributed by atoms with van der Waals surface area (Å²) in [5.74, 6) is 0.785. The maximum Gasteiger partial charge on any atom is 0.258 e. The number of rotatable bonds is 7. The van der Waals surface area contributed by atoms with Crippen LogP contribution in [0.15, 0.2) is 35.9 Å². The van der Waals surface area contributed by atoms with E-state index in [1.807, 2.05) is 0 Å². The molecule has 0 spiro atoms. The lowest BCUT2D eigenvalue weighted by Crippen LogP contribution is -2.31. The second-order valence-corrected chi connectivity index (χ2v) is 10.4. The van der Waals surface area contributed by atoms with Gasteiger partial charge in [-0.25, -0.2) is 13.4 Å². The number of ether oxygens (including phenoxy) is 1. The van der Waals surface area contributed by atoms with Crippen molar-refractivity contribution in [2.75, 3.05) is 6.26 Å². The molecule has 1 aromatic heterocycles. The lowest BCUT2D eigenvalue weighted by molar-refractivity contribution is 0.0943. The summed E-state index contributed by atoms with van der Waals surface area (Å²) in [6.07, 6.45) is 8.10. The molecule has 1 N–H and O–H groups in total. The number of nitrogens with one attached hydrogen (secondary N) is 1. The molecular weight excluding hydrogens is 461 g/mol. The van der Waals surface area contributed by atoms with Crippen molar-refractivity contribution < 1.29 is 17.9 Å². The number of carbonyl (C=O) groups excluding carboxylic acids is 1. The van der Waals surface area contributed by atoms with Gasteiger partial charge in [0.2, 0.25) is 5.88 Å². The van der Waals surface area contributed by atoms with Crippen molar-refractivity contribution in [3.63, 3.8) is 0 Å². The SMILES string of the molecule is CC(C=CS(C)(=O)=O)NC(=O)c1cnc(C2CCCC2)nc1Oc1cc(Cl)cc(Cl)c1. The minimum absolute atomic E-state index is 0.0898. The summed E-state index contributed by atoms with van der Waals surface area (Å²) in [5, 5.41) is 4.52. The molecule has 1 amide bonds. The fourth-order valence-corrected chi connectivity index (χ4v) is 4.31. The molecule has 1 saturated carbocycles. The first-order chi connectivity index (χ1) is 14.6.